The lowest BCUT2D eigenvalue weighted by atomic mass is 9.99. The number of rotatable bonds is 2. The number of aromatic nitrogens is 1. The van der Waals surface area contributed by atoms with Crippen LogP contribution in [0.1, 0.15) is 18.5 Å². The van der Waals surface area contributed by atoms with E-state index in [2.05, 4.69) is 15.6 Å². The standard InChI is InChI=1S/C12H17N3O/c1-9-7-11(4-6-14-9)15-12(16)10-3-2-5-13-8-10/h4,6-7,10,13H,2-3,5,8H2,1H3,(H,14,15,16). The molecule has 1 aliphatic heterocycles. The minimum atomic E-state index is 0.0993. The molecule has 86 valence electrons. The lowest BCUT2D eigenvalue weighted by Gasteiger charge is -2.21. The van der Waals surface area contributed by atoms with Crippen LogP contribution in [0.2, 0.25) is 0 Å². The molecule has 2 heterocycles. The fourth-order valence-corrected chi connectivity index (χ4v) is 1.94. The molecule has 0 aliphatic carbocycles. The zero-order chi connectivity index (χ0) is 11.4. The second-order valence-electron chi connectivity index (χ2n) is 4.22. The average molecular weight is 219 g/mol. The number of nitrogens with zero attached hydrogens (tertiary/aromatic N) is 1. The average Bonchev–Trinajstić information content (AvgIpc) is 2.30. The maximum absolute atomic E-state index is 11.9. The molecular formula is C12H17N3O. The number of carbonyl (C=O) groups excluding carboxylic acids is 1. The maximum atomic E-state index is 11.9. The summed E-state index contributed by atoms with van der Waals surface area (Å²) >= 11 is 0. The van der Waals surface area contributed by atoms with Gasteiger partial charge in [0.15, 0.2) is 0 Å². The van der Waals surface area contributed by atoms with Crippen LogP contribution in [0.15, 0.2) is 18.3 Å². The number of hydrogen-bond acceptors (Lipinski definition) is 3. The van der Waals surface area contributed by atoms with Gasteiger partial charge in [0, 0.05) is 24.1 Å². The lowest BCUT2D eigenvalue weighted by molar-refractivity contribution is -0.120. The van der Waals surface area contributed by atoms with Crippen molar-refractivity contribution in [3.05, 3.63) is 24.0 Å². The second-order valence-corrected chi connectivity index (χ2v) is 4.22. The number of carbonyl (C=O) groups is 1. The van der Waals surface area contributed by atoms with Crippen molar-refractivity contribution in [1.82, 2.24) is 10.3 Å². The summed E-state index contributed by atoms with van der Waals surface area (Å²) in [6.45, 7) is 3.73. The van der Waals surface area contributed by atoms with Crippen LogP contribution < -0.4 is 10.6 Å². The predicted molar refractivity (Wildman–Crippen MR) is 63.2 cm³/mol. The smallest absolute Gasteiger partial charge is 0.228 e. The topological polar surface area (TPSA) is 54.0 Å². The summed E-state index contributed by atoms with van der Waals surface area (Å²) in [6.07, 6.45) is 3.76. The molecule has 1 amide bonds. The van der Waals surface area contributed by atoms with E-state index in [1.165, 1.54) is 0 Å². The van der Waals surface area contributed by atoms with E-state index in [0.29, 0.717) is 0 Å². The van der Waals surface area contributed by atoms with Crippen LogP contribution in [-0.2, 0) is 4.79 Å². The van der Waals surface area contributed by atoms with E-state index >= 15 is 0 Å². The van der Waals surface area contributed by atoms with E-state index < -0.39 is 0 Å². The number of pyridine rings is 1. The Morgan fingerprint density at radius 3 is 3.19 bits per heavy atom. The van der Waals surface area contributed by atoms with Gasteiger partial charge in [-0.3, -0.25) is 9.78 Å². The molecule has 0 saturated carbocycles. The summed E-state index contributed by atoms with van der Waals surface area (Å²) in [5.74, 6) is 0.208. The van der Waals surface area contributed by atoms with Gasteiger partial charge in [-0.25, -0.2) is 0 Å². The van der Waals surface area contributed by atoms with Crippen molar-refractivity contribution in [3.8, 4) is 0 Å². The molecule has 1 unspecified atom stereocenters. The number of hydrogen-bond donors (Lipinski definition) is 2. The van der Waals surface area contributed by atoms with Crippen molar-refractivity contribution < 1.29 is 4.79 Å². The van der Waals surface area contributed by atoms with E-state index in [4.69, 9.17) is 0 Å². The van der Waals surface area contributed by atoms with Gasteiger partial charge in [-0.2, -0.15) is 0 Å². The van der Waals surface area contributed by atoms with Crippen molar-refractivity contribution in [2.24, 2.45) is 5.92 Å². The van der Waals surface area contributed by atoms with Crippen molar-refractivity contribution >= 4 is 11.6 Å². The van der Waals surface area contributed by atoms with Crippen molar-refractivity contribution in [3.63, 3.8) is 0 Å². The Hall–Kier alpha value is -1.42. The number of amides is 1. The first kappa shape index (κ1) is 11.1. The quantitative estimate of drug-likeness (QED) is 0.789. The number of aryl methyl sites for hydroxylation is 1. The first-order valence-electron chi connectivity index (χ1n) is 5.70. The molecule has 4 heteroatoms. The number of anilines is 1. The Bertz CT molecular complexity index is 372. The Morgan fingerprint density at radius 1 is 1.62 bits per heavy atom. The van der Waals surface area contributed by atoms with Crippen LogP contribution in [0.5, 0.6) is 0 Å². The summed E-state index contributed by atoms with van der Waals surface area (Å²) in [5, 5.41) is 6.17. The molecule has 0 bridgehead atoms. The first-order valence-corrected chi connectivity index (χ1v) is 5.70. The van der Waals surface area contributed by atoms with Gasteiger partial charge >= 0.3 is 0 Å². The van der Waals surface area contributed by atoms with Gasteiger partial charge in [-0.1, -0.05) is 0 Å². The van der Waals surface area contributed by atoms with E-state index in [0.717, 1.165) is 37.3 Å². The van der Waals surface area contributed by atoms with Crippen LogP contribution in [-0.4, -0.2) is 24.0 Å². The Morgan fingerprint density at radius 2 is 2.50 bits per heavy atom. The van der Waals surface area contributed by atoms with Gasteiger partial charge in [0.25, 0.3) is 0 Å². The third-order valence-corrected chi connectivity index (χ3v) is 2.83. The molecule has 1 saturated heterocycles. The fraction of sp³-hybridized carbons (Fsp3) is 0.500. The van der Waals surface area contributed by atoms with E-state index in [1.54, 1.807) is 6.20 Å². The van der Waals surface area contributed by atoms with Crippen LogP contribution in [0.3, 0.4) is 0 Å². The third-order valence-electron chi connectivity index (χ3n) is 2.83. The molecule has 0 aromatic carbocycles. The predicted octanol–water partition coefficient (Wildman–Crippen LogP) is 1.33. The van der Waals surface area contributed by atoms with Crippen molar-refractivity contribution in [1.29, 1.82) is 0 Å². The molecule has 2 N–H and O–H groups in total. The highest BCUT2D eigenvalue weighted by Crippen LogP contribution is 2.14. The Labute approximate surface area is 95.5 Å². The molecule has 1 aliphatic rings. The van der Waals surface area contributed by atoms with Gasteiger partial charge in [0.1, 0.15) is 0 Å². The largest absolute Gasteiger partial charge is 0.326 e. The van der Waals surface area contributed by atoms with Crippen LogP contribution >= 0.6 is 0 Å². The summed E-state index contributed by atoms with van der Waals surface area (Å²) in [6, 6.07) is 3.70. The Balaban J connectivity index is 1.96. The monoisotopic (exact) mass is 219 g/mol. The second kappa shape index (κ2) is 5.07. The van der Waals surface area contributed by atoms with Crippen LogP contribution in [0.4, 0.5) is 5.69 Å². The van der Waals surface area contributed by atoms with E-state index in [9.17, 15) is 4.79 Å². The summed E-state index contributed by atoms with van der Waals surface area (Å²) < 4.78 is 0. The first-order chi connectivity index (χ1) is 7.75. The van der Waals surface area contributed by atoms with Crippen LogP contribution in [0.25, 0.3) is 0 Å². The zero-order valence-corrected chi connectivity index (χ0v) is 9.49. The summed E-state index contributed by atoms with van der Waals surface area (Å²) in [7, 11) is 0. The molecule has 1 aromatic heterocycles. The molecule has 0 spiro atoms. The highest BCUT2D eigenvalue weighted by Gasteiger charge is 2.20. The number of piperidine rings is 1. The maximum Gasteiger partial charge on any atom is 0.228 e. The number of nitrogens with one attached hydrogen (secondary N) is 2. The molecule has 1 atom stereocenters. The van der Waals surface area contributed by atoms with Crippen LogP contribution in [0, 0.1) is 12.8 Å². The third kappa shape index (κ3) is 2.79. The molecule has 2 rings (SSSR count). The van der Waals surface area contributed by atoms with Gasteiger partial charge in [0.2, 0.25) is 5.91 Å². The zero-order valence-electron chi connectivity index (χ0n) is 9.49. The van der Waals surface area contributed by atoms with Gasteiger partial charge < -0.3 is 10.6 Å². The molecule has 0 radical (unpaired) electrons. The highest BCUT2D eigenvalue weighted by molar-refractivity contribution is 5.92. The van der Waals surface area contributed by atoms with Crippen molar-refractivity contribution in [2.75, 3.05) is 18.4 Å². The summed E-state index contributed by atoms with van der Waals surface area (Å²) in [5.41, 5.74) is 1.75. The minimum absolute atomic E-state index is 0.0993. The molecule has 16 heavy (non-hydrogen) atoms. The summed E-state index contributed by atoms with van der Waals surface area (Å²) in [4.78, 5) is 16.0. The molecule has 4 nitrogen and oxygen atoms in total. The van der Waals surface area contributed by atoms with E-state index in [1.807, 2.05) is 19.1 Å². The lowest BCUT2D eigenvalue weighted by Crippen LogP contribution is -2.37. The normalized spacial score (nSPS) is 20.4. The fourth-order valence-electron chi connectivity index (χ4n) is 1.94. The Kier molecular flexibility index (Phi) is 3.51. The molecule has 1 aromatic rings. The van der Waals surface area contributed by atoms with Gasteiger partial charge in [0.05, 0.1) is 5.92 Å². The molecule has 1 fully saturated rings. The van der Waals surface area contributed by atoms with Crippen molar-refractivity contribution in [2.45, 2.75) is 19.8 Å². The van der Waals surface area contributed by atoms with Gasteiger partial charge in [-0.05, 0) is 38.4 Å². The molecular weight excluding hydrogens is 202 g/mol. The van der Waals surface area contributed by atoms with Gasteiger partial charge in [-0.15, -0.1) is 0 Å². The highest BCUT2D eigenvalue weighted by atomic mass is 16.1. The SMILES string of the molecule is Cc1cc(NC(=O)C2CCCNC2)ccn1. The van der Waals surface area contributed by atoms with E-state index in [-0.39, 0.29) is 11.8 Å². The minimum Gasteiger partial charge on any atom is -0.326 e.